The molecule has 2 saturated heterocycles. The van der Waals surface area contributed by atoms with Crippen molar-refractivity contribution in [2.45, 2.75) is 31.7 Å². The third kappa shape index (κ3) is 4.10. The van der Waals surface area contributed by atoms with Crippen LogP contribution in [0.5, 0.6) is 5.88 Å². The van der Waals surface area contributed by atoms with Gasteiger partial charge in [-0.15, -0.1) is 0 Å². The van der Waals surface area contributed by atoms with Crippen LogP contribution in [0.25, 0.3) is 0 Å². The summed E-state index contributed by atoms with van der Waals surface area (Å²) in [7, 11) is 1.60. The molecule has 0 atom stereocenters. The summed E-state index contributed by atoms with van der Waals surface area (Å²) in [5, 5.41) is 3.18. The van der Waals surface area contributed by atoms with E-state index in [1.54, 1.807) is 7.11 Å². The molecule has 0 unspecified atom stereocenters. The van der Waals surface area contributed by atoms with Gasteiger partial charge in [-0.2, -0.15) is 0 Å². The number of anilines is 1. The van der Waals surface area contributed by atoms with Gasteiger partial charge in [0.1, 0.15) is 12.1 Å². The number of hydrogen-bond donors (Lipinski definition) is 1. The lowest BCUT2D eigenvalue weighted by molar-refractivity contribution is -0.126. The van der Waals surface area contributed by atoms with Crippen LogP contribution in [0.15, 0.2) is 12.4 Å². The summed E-state index contributed by atoms with van der Waals surface area (Å²) in [6.45, 7) is 3.15. The number of nitrogens with zero attached hydrogens (tertiary/aromatic N) is 3. The van der Waals surface area contributed by atoms with Crippen LogP contribution < -0.4 is 15.0 Å². The van der Waals surface area contributed by atoms with Gasteiger partial charge in [-0.1, -0.05) is 0 Å². The summed E-state index contributed by atoms with van der Waals surface area (Å²) in [5.74, 6) is 1.71. The van der Waals surface area contributed by atoms with Gasteiger partial charge in [-0.3, -0.25) is 4.79 Å². The second kappa shape index (κ2) is 7.59. The number of hydrogen-bond acceptors (Lipinski definition) is 6. The zero-order valence-corrected chi connectivity index (χ0v) is 13.5. The average molecular weight is 320 g/mol. The van der Waals surface area contributed by atoms with E-state index in [4.69, 9.17) is 9.47 Å². The first kappa shape index (κ1) is 16.0. The van der Waals surface area contributed by atoms with Gasteiger partial charge in [0.2, 0.25) is 11.8 Å². The van der Waals surface area contributed by atoms with Gasteiger partial charge in [0.25, 0.3) is 0 Å². The second-order valence-corrected chi connectivity index (χ2v) is 6.08. The highest BCUT2D eigenvalue weighted by Crippen LogP contribution is 2.23. The standard InChI is InChI=1S/C16H24N4O3/c1-22-15-10-14(17-11-18-15)20-6-2-12(3-7-20)16(21)19-13-4-8-23-9-5-13/h10-13H,2-9H2,1H3,(H,19,21). The van der Waals surface area contributed by atoms with Crippen LogP contribution in [0, 0.1) is 5.92 Å². The molecule has 0 aliphatic carbocycles. The number of carbonyl (C=O) groups is 1. The Bertz CT molecular complexity index is 526. The van der Waals surface area contributed by atoms with E-state index in [2.05, 4.69) is 20.2 Å². The molecule has 3 heterocycles. The van der Waals surface area contributed by atoms with Crippen LogP contribution >= 0.6 is 0 Å². The zero-order valence-electron chi connectivity index (χ0n) is 13.5. The number of rotatable bonds is 4. The van der Waals surface area contributed by atoms with E-state index in [1.807, 2.05) is 6.07 Å². The van der Waals surface area contributed by atoms with Crippen molar-refractivity contribution in [3.05, 3.63) is 12.4 Å². The molecule has 7 nitrogen and oxygen atoms in total. The highest BCUT2D eigenvalue weighted by molar-refractivity contribution is 5.79. The Balaban J connectivity index is 1.50. The van der Waals surface area contributed by atoms with Crippen LogP contribution in [0.3, 0.4) is 0 Å². The van der Waals surface area contributed by atoms with Crippen LogP contribution in [0.1, 0.15) is 25.7 Å². The van der Waals surface area contributed by atoms with Gasteiger partial charge in [-0.25, -0.2) is 9.97 Å². The molecule has 0 bridgehead atoms. The number of carbonyl (C=O) groups excluding carboxylic acids is 1. The minimum atomic E-state index is 0.0952. The minimum absolute atomic E-state index is 0.0952. The monoisotopic (exact) mass is 320 g/mol. The van der Waals surface area contributed by atoms with Gasteiger partial charge in [0.05, 0.1) is 7.11 Å². The fraction of sp³-hybridized carbons (Fsp3) is 0.688. The Morgan fingerprint density at radius 1 is 1.26 bits per heavy atom. The number of ether oxygens (including phenoxy) is 2. The molecule has 0 aromatic carbocycles. The predicted molar refractivity (Wildman–Crippen MR) is 85.5 cm³/mol. The Morgan fingerprint density at radius 3 is 2.70 bits per heavy atom. The smallest absolute Gasteiger partial charge is 0.223 e. The number of nitrogens with one attached hydrogen (secondary N) is 1. The Morgan fingerprint density at radius 2 is 2.00 bits per heavy atom. The van der Waals surface area contributed by atoms with Crippen molar-refractivity contribution in [2.75, 3.05) is 38.3 Å². The van der Waals surface area contributed by atoms with Gasteiger partial charge >= 0.3 is 0 Å². The molecule has 23 heavy (non-hydrogen) atoms. The maximum Gasteiger partial charge on any atom is 0.223 e. The lowest BCUT2D eigenvalue weighted by atomic mass is 9.95. The molecular formula is C16H24N4O3. The van der Waals surface area contributed by atoms with Crippen LogP contribution in [-0.2, 0) is 9.53 Å². The molecule has 2 aliphatic heterocycles. The number of aromatic nitrogens is 2. The van der Waals surface area contributed by atoms with Crippen molar-refractivity contribution < 1.29 is 14.3 Å². The Labute approximate surface area is 136 Å². The highest BCUT2D eigenvalue weighted by Gasteiger charge is 2.27. The van der Waals surface area contributed by atoms with Gasteiger partial charge in [0, 0.05) is 44.3 Å². The molecule has 7 heteroatoms. The van der Waals surface area contributed by atoms with Crippen molar-refractivity contribution in [1.82, 2.24) is 15.3 Å². The Hall–Kier alpha value is -1.89. The van der Waals surface area contributed by atoms with Gasteiger partial charge < -0.3 is 19.7 Å². The maximum atomic E-state index is 12.4. The fourth-order valence-corrected chi connectivity index (χ4v) is 3.15. The molecule has 1 aromatic rings. The minimum Gasteiger partial charge on any atom is -0.481 e. The lowest BCUT2D eigenvalue weighted by Gasteiger charge is -2.33. The first-order valence-corrected chi connectivity index (χ1v) is 8.25. The van der Waals surface area contributed by atoms with E-state index in [0.29, 0.717) is 5.88 Å². The molecule has 3 rings (SSSR count). The highest BCUT2D eigenvalue weighted by atomic mass is 16.5. The van der Waals surface area contributed by atoms with Crippen LogP contribution in [0.4, 0.5) is 5.82 Å². The quantitative estimate of drug-likeness (QED) is 0.892. The summed E-state index contributed by atoms with van der Waals surface area (Å²) in [6, 6.07) is 2.11. The maximum absolute atomic E-state index is 12.4. The van der Waals surface area contributed by atoms with E-state index in [1.165, 1.54) is 6.33 Å². The van der Waals surface area contributed by atoms with Gasteiger partial charge in [0.15, 0.2) is 0 Å². The van der Waals surface area contributed by atoms with Crippen molar-refractivity contribution in [3.63, 3.8) is 0 Å². The van der Waals surface area contributed by atoms with E-state index in [-0.39, 0.29) is 17.9 Å². The summed E-state index contributed by atoms with van der Waals surface area (Å²) in [6.07, 6.45) is 5.05. The number of piperidine rings is 1. The third-order valence-electron chi connectivity index (χ3n) is 4.59. The molecule has 1 N–H and O–H groups in total. The SMILES string of the molecule is COc1cc(N2CCC(C(=O)NC3CCOCC3)CC2)ncn1. The molecule has 0 spiro atoms. The Kier molecular flexibility index (Phi) is 5.27. The average Bonchev–Trinajstić information content (AvgIpc) is 2.63. The third-order valence-corrected chi connectivity index (χ3v) is 4.59. The molecule has 2 fully saturated rings. The van der Waals surface area contributed by atoms with Crippen molar-refractivity contribution in [3.8, 4) is 5.88 Å². The number of amides is 1. The summed E-state index contributed by atoms with van der Waals surface area (Å²) in [5.41, 5.74) is 0. The van der Waals surface area contributed by atoms with Gasteiger partial charge in [-0.05, 0) is 25.7 Å². The fourth-order valence-electron chi connectivity index (χ4n) is 3.15. The molecule has 1 amide bonds. The first-order chi connectivity index (χ1) is 11.3. The first-order valence-electron chi connectivity index (χ1n) is 8.25. The molecule has 126 valence electrons. The topological polar surface area (TPSA) is 76.6 Å². The molecule has 1 aromatic heterocycles. The van der Waals surface area contributed by atoms with Crippen LogP contribution in [-0.4, -0.2) is 55.3 Å². The van der Waals surface area contributed by atoms with E-state index in [0.717, 1.165) is 57.8 Å². The zero-order chi connectivity index (χ0) is 16.1. The predicted octanol–water partition coefficient (Wildman–Crippen LogP) is 0.997. The van der Waals surface area contributed by atoms with Crippen LogP contribution in [0.2, 0.25) is 0 Å². The van der Waals surface area contributed by atoms with Crippen molar-refractivity contribution >= 4 is 11.7 Å². The van der Waals surface area contributed by atoms with Crippen molar-refractivity contribution in [2.24, 2.45) is 5.92 Å². The van der Waals surface area contributed by atoms with E-state index in [9.17, 15) is 4.79 Å². The molecule has 0 saturated carbocycles. The summed E-state index contributed by atoms with van der Waals surface area (Å²) < 4.78 is 10.5. The number of methoxy groups -OCH3 is 1. The largest absolute Gasteiger partial charge is 0.481 e. The van der Waals surface area contributed by atoms with E-state index < -0.39 is 0 Å². The van der Waals surface area contributed by atoms with E-state index >= 15 is 0 Å². The summed E-state index contributed by atoms with van der Waals surface area (Å²) >= 11 is 0. The van der Waals surface area contributed by atoms with Crippen molar-refractivity contribution in [1.29, 1.82) is 0 Å². The second-order valence-electron chi connectivity index (χ2n) is 6.08. The lowest BCUT2D eigenvalue weighted by Crippen LogP contribution is -2.45. The molecule has 0 radical (unpaired) electrons. The molecular weight excluding hydrogens is 296 g/mol. The summed E-state index contributed by atoms with van der Waals surface area (Å²) in [4.78, 5) is 22.9. The normalized spacial score (nSPS) is 20.3. The molecule has 2 aliphatic rings.